The molecule has 0 spiro atoms. The zero-order chi connectivity index (χ0) is 12.3. The van der Waals surface area contributed by atoms with E-state index in [4.69, 9.17) is 0 Å². The molecule has 2 rings (SSSR count). The van der Waals surface area contributed by atoms with Crippen LogP contribution in [0.25, 0.3) is 0 Å². The van der Waals surface area contributed by atoms with E-state index in [-0.39, 0.29) is 10.7 Å². The van der Waals surface area contributed by atoms with Gasteiger partial charge in [-0.25, -0.2) is 8.42 Å². The third-order valence-corrected chi connectivity index (χ3v) is 3.75. The second-order valence-corrected chi connectivity index (χ2v) is 5.34. The quantitative estimate of drug-likeness (QED) is 0.802. The third-order valence-electron chi connectivity index (χ3n) is 2.24. The molecule has 3 nitrogen and oxygen atoms in total. The van der Waals surface area contributed by atoms with Gasteiger partial charge in [-0.15, -0.1) is 0 Å². The molecule has 1 aliphatic carbocycles. The van der Waals surface area contributed by atoms with E-state index < -0.39 is 9.84 Å². The summed E-state index contributed by atoms with van der Waals surface area (Å²) < 4.78 is 23.9. The van der Waals surface area contributed by atoms with Crippen LogP contribution in [-0.2, 0) is 14.6 Å². The molecule has 0 fully saturated rings. The summed E-state index contributed by atoms with van der Waals surface area (Å²) in [6, 6.07) is 8.16. The highest BCUT2D eigenvalue weighted by molar-refractivity contribution is 7.94. The van der Waals surface area contributed by atoms with Crippen LogP contribution in [0.4, 0.5) is 0 Å². The van der Waals surface area contributed by atoms with Crippen molar-refractivity contribution in [1.29, 1.82) is 0 Å². The molecule has 0 aromatic heterocycles. The topological polar surface area (TPSA) is 51.2 Å². The predicted octanol–water partition coefficient (Wildman–Crippen LogP) is 2.04. The van der Waals surface area contributed by atoms with Crippen LogP contribution in [0, 0.1) is 0 Å². The number of hydrogen-bond donors (Lipinski definition) is 0. The van der Waals surface area contributed by atoms with Crippen molar-refractivity contribution in [3.63, 3.8) is 0 Å². The smallest absolute Gasteiger partial charge is 0.200 e. The Morgan fingerprint density at radius 1 is 0.882 bits per heavy atom. The van der Waals surface area contributed by atoms with Gasteiger partial charge in [0.05, 0.1) is 4.90 Å². The first-order valence-electron chi connectivity index (χ1n) is 5.00. The van der Waals surface area contributed by atoms with Gasteiger partial charge in [-0.2, -0.15) is 0 Å². The molecule has 0 aliphatic heterocycles. The fraction of sp³-hybridized carbons (Fsp3) is 0. The van der Waals surface area contributed by atoms with Gasteiger partial charge in [0.15, 0.2) is 15.6 Å². The minimum absolute atomic E-state index is 0.140. The van der Waals surface area contributed by atoms with Crippen LogP contribution in [0.3, 0.4) is 0 Å². The number of benzene rings is 1. The van der Waals surface area contributed by atoms with E-state index in [1.807, 2.05) is 0 Å². The highest BCUT2D eigenvalue weighted by Crippen LogP contribution is 2.16. The Labute approximate surface area is 99.7 Å². The molecule has 86 valence electrons. The van der Waals surface area contributed by atoms with E-state index in [1.54, 1.807) is 18.2 Å². The number of ketones is 1. The van der Waals surface area contributed by atoms with Gasteiger partial charge in [0.1, 0.15) is 0 Å². The fourth-order valence-corrected chi connectivity index (χ4v) is 2.59. The minimum Gasteiger partial charge on any atom is -0.290 e. The Morgan fingerprint density at radius 3 is 2.06 bits per heavy atom. The summed E-state index contributed by atoms with van der Waals surface area (Å²) >= 11 is 0. The van der Waals surface area contributed by atoms with Gasteiger partial charge < -0.3 is 0 Å². The van der Waals surface area contributed by atoms with Crippen molar-refractivity contribution < 1.29 is 13.2 Å². The van der Waals surface area contributed by atoms with Gasteiger partial charge in [-0.1, -0.05) is 30.4 Å². The van der Waals surface area contributed by atoms with Gasteiger partial charge in [0.2, 0.25) is 0 Å². The van der Waals surface area contributed by atoms with Gasteiger partial charge >= 0.3 is 0 Å². The lowest BCUT2D eigenvalue weighted by Crippen LogP contribution is -1.99. The van der Waals surface area contributed by atoms with Crippen molar-refractivity contribution in [2.75, 3.05) is 0 Å². The molecule has 1 aromatic carbocycles. The lowest BCUT2D eigenvalue weighted by Gasteiger charge is -2.01. The first-order valence-corrected chi connectivity index (χ1v) is 6.54. The molecule has 4 heteroatoms. The van der Waals surface area contributed by atoms with Crippen LogP contribution in [0.5, 0.6) is 0 Å². The number of hydrogen-bond acceptors (Lipinski definition) is 3. The average Bonchev–Trinajstić information content (AvgIpc) is 2.33. The summed E-state index contributed by atoms with van der Waals surface area (Å²) in [5.74, 6) is -0.140. The highest BCUT2D eigenvalue weighted by atomic mass is 32.2. The Hall–Kier alpha value is -1.94. The SMILES string of the molecule is O=C1C=CC(=CS(=O)(=O)c2ccccc2)C=C1. The number of allylic oxidation sites excluding steroid dienone is 5. The van der Waals surface area contributed by atoms with Crippen LogP contribution in [0.1, 0.15) is 0 Å². The van der Waals surface area contributed by atoms with E-state index in [0.717, 1.165) is 5.41 Å². The van der Waals surface area contributed by atoms with E-state index in [9.17, 15) is 13.2 Å². The first kappa shape index (κ1) is 11.5. The van der Waals surface area contributed by atoms with Gasteiger partial charge in [0, 0.05) is 5.41 Å². The number of carbonyl (C=O) groups excluding carboxylic acids is 1. The lowest BCUT2D eigenvalue weighted by molar-refractivity contribution is -0.110. The molecule has 1 aliphatic rings. The Bertz CT molecular complexity index is 602. The van der Waals surface area contributed by atoms with Crippen LogP contribution in [-0.4, -0.2) is 14.2 Å². The fourth-order valence-electron chi connectivity index (χ4n) is 1.40. The van der Waals surface area contributed by atoms with E-state index in [2.05, 4.69) is 0 Å². The number of rotatable bonds is 2. The molecule has 1 aromatic rings. The predicted molar refractivity (Wildman–Crippen MR) is 65.0 cm³/mol. The highest BCUT2D eigenvalue weighted by Gasteiger charge is 2.11. The average molecular weight is 246 g/mol. The summed E-state index contributed by atoms with van der Waals surface area (Å²) in [6.07, 6.45) is 5.66. The molecule has 0 saturated carbocycles. The molecule has 0 amide bonds. The molecular weight excluding hydrogens is 236 g/mol. The van der Waals surface area contributed by atoms with E-state index in [1.165, 1.54) is 36.4 Å². The number of carbonyl (C=O) groups is 1. The van der Waals surface area contributed by atoms with Gasteiger partial charge in [-0.3, -0.25) is 4.79 Å². The summed E-state index contributed by atoms with van der Waals surface area (Å²) in [5.41, 5.74) is 0.494. The minimum atomic E-state index is -3.45. The Kier molecular flexibility index (Phi) is 3.06. The maximum atomic E-state index is 12.0. The Morgan fingerprint density at radius 2 is 1.47 bits per heavy atom. The first-order chi connectivity index (χ1) is 8.08. The Balaban J connectivity index is 2.37. The summed E-state index contributed by atoms with van der Waals surface area (Å²) in [4.78, 5) is 11.1. The maximum absolute atomic E-state index is 12.0. The third kappa shape index (κ3) is 2.79. The number of sulfone groups is 1. The van der Waals surface area contributed by atoms with Crippen LogP contribution >= 0.6 is 0 Å². The zero-order valence-electron chi connectivity index (χ0n) is 8.91. The zero-order valence-corrected chi connectivity index (χ0v) is 9.72. The van der Waals surface area contributed by atoms with Crippen molar-refractivity contribution in [2.24, 2.45) is 0 Å². The lowest BCUT2D eigenvalue weighted by atomic mass is 10.1. The molecule has 0 unspecified atom stereocenters. The molecule has 17 heavy (non-hydrogen) atoms. The van der Waals surface area contributed by atoms with Crippen molar-refractivity contribution in [3.8, 4) is 0 Å². The van der Waals surface area contributed by atoms with Crippen molar-refractivity contribution >= 4 is 15.6 Å². The molecule has 0 radical (unpaired) electrons. The van der Waals surface area contributed by atoms with Crippen LogP contribution in [0.2, 0.25) is 0 Å². The summed E-state index contributed by atoms with van der Waals surface area (Å²) in [7, 11) is -3.45. The van der Waals surface area contributed by atoms with Crippen molar-refractivity contribution in [2.45, 2.75) is 4.90 Å². The molecule has 0 heterocycles. The monoisotopic (exact) mass is 246 g/mol. The summed E-state index contributed by atoms with van der Waals surface area (Å²) in [5, 5.41) is 1.15. The molecule has 0 bridgehead atoms. The summed E-state index contributed by atoms with van der Waals surface area (Å²) in [6.45, 7) is 0. The molecule has 0 saturated heterocycles. The normalized spacial score (nSPS) is 15.1. The molecule has 0 atom stereocenters. The van der Waals surface area contributed by atoms with Gasteiger partial charge in [0.25, 0.3) is 0 Å². The second kappa shape index (κ2) is 4.51. The standard InChI is InChI=1S/C13H10O3S/c14-12-8-6-11(7-9-12)10-17(15,16)13-4-2-1-3-5-13/h1-10H. The van der Waals surface area contributed by atoms with Crippen molar-refractivity contribution in [1.82, 2.24) is 0 Å². The van der Waals surface area contributed by atoms with E-state index in [0.29, 0.717) is 5.57 Å². The molecular formula is C13H10O3S. The van der Waals surface area contributed by atoms with Crippen LogP contribution < -0.4 is 0 Å². The van der Waals surface area contributed by atoms with Gasteiger partial charge in [-0.05, 0) is 29.9 Å². The largest absolute Gasteiger partial charge is 0.290 e. The van der Waals surface area contributed by atoms with Crippen LogP contribution in [0.15, 0.2) is 70.5 Å². The molecule has 0 N–H and O–H groups in total. The van der Waals surface area contributed by atoms with E-state index >= 15 is 0 Å². The second-order valence-electron chi connectivity index (χ2n) is 3.54. The van der Waals surface area contributed by atoms with Crippen molar-refractivity contribution in [3.05, 3.63) is 65.6 Å². The maximum Gasteiger partial charge on any atom is 0.200 e.